The fourth-order valence-corrected chi connectivity index (χ4v) is 3.78. The van der Waals surface area contributed by atoms with Crippen molar-refractivity contribution in [2.75, 3.05) is 13.1 Å². The van der Waals surface area contributed by atoms with E-state index in [1.807, 2.05) is 42.5 Å². The lowest BCUT2D eigenvalue weighted by Gasteiger charge is -2.41. The highest BCUT2D eigenvalue weighted by Crippen LogP contribution is 2.38. The van der Waals surface area contributed by atoms with Gasteiger partial charge in [0.25, 0.3) is 0 Å². The van der Waals surface area contributed by atoms with E-state index in [0.29, 0.717) is 43.9 Å². The highest BCUT2D eigenvalue weighted by atomic mass is 35.5. The molecular formula is C21H23ClN2O3. The molecule has 1 aliphatic heterocycles. The monoisotopic (exact) mass is 386 g/mol. The van der Waals surface area contributed by atoms with Gasteiger partial charge in [0.15, 0.2) is 0 Å². The van der Waals surface area contributed by atoms with Crippen LogP contribution in [0.2, 0.25) is 5.02 Å². The Morgan fingerprint density at radius 1 is 1.04 bits per heavy atom. The molecule has 27 heavy (non-hydrogen) atoms. The average molecular weight is 387 g/mol. The van der Waals surface area contributed by atoms with Gasteiger partial charge in [-0.05, 0) is 36.1 Å². The van der Waals surface area contributed by atoms with Crippen molar-refractivity contribution in [2.45, 2.75) is 31.2 Å². The smallest absolute Gasteiger partial charge is 0.407 e. The number of carbonyl (C=O) groups excluding carboxylic acids is 1. The van der Waals surface area contributed by atoms with E-state index in [9.17, 15) is 14.7 Å². The summed E-state index contributed by atoms with van der Waals surface area (Å²) in [4.78, 5) is 25.3. The van der Waals surface area contributed by atoms with Crippen LogP contribution in [-0.2, 0) is 16.8 Å². The maximum atomic E-state index is 12.7. The fourth-order valence-electron chi connectivity index (χ4n) is 3.66. The van der Waals surface area contributed by atoms with Crippen LogP contribution in [0.4, 0.5) is 4.79 Å². The lowest BCUT2D eigenvalue weighted by molar-refractivity contribution is -0.123. The minimum Gasteiger partial charge on any atom is -0.465 e. The van der Waals surface area contributed by atoms with Crippen LogP contribution in [0.3, 0.4) is 0 Å². The molecule has 2 aromatic carbocycles. The van der Waals surface area contributed by atoms with E-state index in [1.165, 1.54) is 4.90 Å². The zero-order valence-electron chi connectivity index (χ0n) is 15.0. The zero-order valence-corrected chi connectivity index (χ0v) is 15.8. The van der Waals surface area contributed by atoms with Crippen molar-refractivity contribution in [3.8, 4) is 0 Å². The highest BCUT2D eigenvalue weighted by Gasteiger charge is 2.39. The van der Waals surface area contributed by atoms with E-state index in [-0.39, 0.29) is 11.3 Å². The number of hydrogen-bond acceptors (Lipinski definition) is 2. The number of rotatable bonds is 5. The lowest BCUT2D eigenvalue weighted by Crippen LogP contribution is -2.46. The number of amides is 2. The first-order valence-electron chi connectivity index (χ1n) is 9.03. The molecule has 0 saturated carbocycles. The first kappa shape index (κ1) is 19.2. The Hall–Kier alpha value is -2.53. The summed E-state index contributed by atoms with van der Waals surface area (Å²) < 4.78 is 0. The van der Waals surface area contributed by atoms with Crippen molar-refractivity contribution in [3.63, 3.8) is 0 Å². The molecule has 0 aromatic heterocycles. The quantitative estimate of drug-likeness (QED) is 0.814. The number of likely N-dealkylation sites (tertiary alicyclic amines) is 1. The summed E-state index contributed by atoms with van der Waals surface area (Å²) in [6, 6.07) is 17.3. The van der Waals surface area contributed by atoms with Crippen molar-refractivity contribution in [2.24, 2.45) is 0 Å². The molecule has 2 N–H and O–H groups in total. The van der Waals surface area contributed by atoms with Crippen molar-refractivity contribution < 1.29 is 14.7 Å². The number of carbonyl (C=O) groups is 2. The van der Waals surface area contributed by atoms with Gasteiger partial charge >= 0.3 is 6.09 Å². The van der Waals surface area contributed by atoms with Crippen LogP contribution in [0.15, 0.2) is 54.6 Å². The number of nitrogens with one attached hydrogen (secondary N) is 1. The molecule has 1 saturated heterocycles. The second-order valence-electron chi connectivity index (χ2n) is 7.00. The molecule has 2 amide bonds. The molecule has 0 atom stereocenters. The maximum absolute atomic E-state index is 12.7. The molecule has 2 aromatic rings. The summed E-state index contributed by atoms with van der Waals surface area (Å²) in [6.07, 6.45) is 0.719. The maximum Gasteiger partial charge on any atom is 0.407 e. The molecule has 1 heterocycles. The molecule has 0 aliphatic carbocycles. The molecule has 1 fully saturated rings. The Morgan fingerprint density at radius 3 is 2.26 bits per heavy atom. The predicted molar refractivity (Wildman–Crippen MR) is 105 cm³/mol. The number of hydrogen-bond donors (Lipinski definition) is 2. The SMILES string of the molecule is O=C(CC1(c2ccccc2)CCN(C(=O)O)CC1)NCc1ccc(Cl)cc1. The Kier molecular flexibility index (Phi) is 6.01. The third-order valence-corrected chi connectivity index (χ3v) is 5.53. The molecule has 0 radical (unpaired) electrons. The van der Waals surface area contributed by atoms with E-state index in [4.69, 9.17) is 11.6 Å². The minimum absolute atomic E-state index is 0.0300. The molecule has 0 bridgehead atoms. The van der Waals surface area contributed by atoms with Gasteiger partial charge in [0, 0.05) is 36.5 Å². The first-order chi connectivity index (χ1) is 13.0. The van der Waals surface area contributed by atoms with Gasteiger partial charge < -0.3 is 15.3 Å². The molecule has 0 spiro atoms. The normalized spacial score (nSPS) is 16.0. The van der Waals surface area contributed by atoms with Gasteiger partial charge in [0.2, 0.25) is 5.91 Å². The van der Waals surface area contributed by atoms with Crippen molar-refractivity contribution in [1.29, 1.82) is 0 Å². The summed E-state index contributed by atoms with van der Waals surface area (Å²) in [6.45, 7) is 1.32. The van der Waals surface area contributed by atoms with Crippen molar-refractivity contribution in [1.82, 2.24) is 10.2 Å². The second-order valence-corrected chi connectivity index (χ2v) is 7.43. The Bertz CT molecular complexity index is 785. The summed E-state index contributed by atoms with van der Waals surface area (Å²) in [5.41, 5.74) is 1.75. The summed E-state index contributed by atoms with van der Waals surface area (Å²) >= 11 is 5.89. The van der Waals surface area contributed by atoms with Crippen LogP contribution in [0.25, 0.3) is 0 Å². The van der Waals surface area contributed by atoms with E-state index in [1.54, 1.807) is 12.1 Å². The largest absolute Gasteiger partial charge is 0.465 e. The molecule has 6 heteroatoms. The predicted octanol–water partition coefficient (Wildman–Crippen LogP) is 4.06. The van der Waals surface area contributed by atoms with Crippen LogP contribution in [-0.4, -0.2) is 35.1 Å². The molecular weight excluding hydrogens is 364 g/mol. The van der Waals surface area contributed by atoms with E-state index in [2.05, 4.69) is 5.32 Å². The molecule has 3 rings (SSSR count). The Labute approximate surface area is 163 Å². The third kappa shape index (κ3) is 4.80. The van der Waals surface area contributed by atoms with Gasteiger partial charge in [0.1, 0.15) is 0 Å². The van der Waals surface area contributed by atoms with Crippen LogP contribution in [0.1, 0.15) is 30.4 Å². The Balaban J connectivity index is 1.69. The number of nitrogens with zero attached hydrogens (tertiary/aromatic N) is 1. The topological polar surface area (TPSA) is 69.6 Å². The lowest BCUT2D eigenvalue weighted by atomic mass is 9.70. The minimum atomic E-state index is -0.899. The van der Waals surface area contributed by atoms with Gasteiger partial charge in [-0.2, -0.15) is 0 Å². The fraction of sp³-hybridized carbons (Fsp3) is 0.333. The van der Waals surface area contributed by atoms with Crippen molar-refractivity contribution in [3.05, 3.63) is 70.7 Å². The van der Waals surface area contributed by atoms with Gasteiger partial charge in [-0.1, -0.05) is 54.1 Å². The highest BCUT2D eigenvalue weighted by molar-refractivity contribution is 6.30. The number of benzene rings is 2. The molecule has 142 valence electrons. The average Bonchev–Trinajstić information content (AvgIpc) is 2.68. The van der Waals surface area contributed by atoms with Crippen LogP contribution in [0, 0.1) is 0 Å². The molecule has 5 nitrogen and oxygen atoms in total. The zero-order chi connectivity index (χ0) is 19.3. The summed E-state index contributed by atoms with van der Waals surface area (Å²) in [7, 11) is 0. The van der Waals surface area contributed by atoms with Crippen LogP contribution < -0.4 is 5.32 Å². The van der Waals surface area contributed by atoms with Crippen LogP contribution in [0.5, 0.6) is 0 Å². The molecule has 1 aliphatic rings. The third-order valence-electron chi connectivity index (χ3n) is 5.28. The summed E-state index contributed by atoms with van der Waals surface area (Å²) in [5, 5.41) is 12.9. The summed E-state index contributed by atoms with van der Waals surface area (Å²) in [5.74, 6) is -0.0300. The van der Waals surface area contributed by atoms with Gasteiger partial charge in [0.05, 0.1) is 0 Å². The standard InChI is InChI=1S/C21H23ClN2O3/c22-18-8-6-16(7-9-18)15-23-19(25)14-21(17-4-2-1-3-5-17)10-12-24(13-11-21)20(26)27/h1-9H,10-15H2,(H,23,25)(H,26,27). The van der Waals surface area contributed by atoms with Gasteiger partial charge in [-0.25, -0.2) is 4.79 Å². The van der Waals surface area contributed by atoms with Crippen molar-refractivity contribution >= 4 is 23.6 Å². The first-order valence-corrected chi connectivity index (χ1v) is 9.41. The number of carboxylic acid groups (broad SMARTS) is 1. The molecule has 0 unspecified atom stereocenters. The number of halogens is 1. The Morgan fingerprint density at radius 2 is 1.67 bits per heavy atom. The van der Waals surface area contributed by atoms with E-state index < -0.39 is 6.09 Å². The second kappa shape index (κ2) is 8.44. The number of piperidine rings is 1. The van der Waals surface area contributed by atoms with Gasteiger partial charge in [-0.15, -0.1) is 0 Å². The van der Waals surface area contributed by atoms with Crippen LogP contribution >= 0.6 is 11.6 Å². The van der Waals surface area contributed by atoms with E-state index >= 15 is 0 Å². The van der Waals surface area contributed by atoms with E-state index in [0.717, 1.165) is 11.1 Å². The van der Waals surface area contributed by atoms with Gasteiger partial charge in [-0.3, -0.25) is 4.79 Å².